The van der Waals surface area contributed by atoms with Crippen LogP contribution in [0.15, 0.2) is 64.3 Å². The van der Waals surface area contributed by atoms with Gasteiger partial charge in [-0.1, -0.05) is 6.07 Å². The number of aromatic nitrogens is 1. The second-order valence-corrected chi connectivity index (χ2v) is 8.53. The summed E-state index contributed by atoms with van der Waals surface area (Å²) in [5.74, 6) is -0.126. The molecule has 0 radical (unpaired) electrons. The van der Waals surface area contributed by atoms with Gasteiger partial charge in [0, 0.05) is 18.8 Å². The average Bonchev–Trinajstić information content (AvgIpc) is 3.23. The third-order valence-electron chi connectivity index (χ3n) is 3.51. The van der Waals surface area contributed by atoms with Gasteiger partial charge < -0.3 is 10.1 Å². The number of rotatable bonds is 8. The van der Waals surface area contributed by atoms with E-state index in [-0.39, 0.29) is 29.0 Å². The lowest BCUT2D eigenvalue weighted by Gasteiger charge is -2.09. The van der Waals surface area contributed by atoms with Gasteiger partial charge in [-0.25, -0.2) is 22.5 Å². The van der Waals surface area contributed by atoms with E-state index in [0.717, 1.165) is 11.3 Å². The molecule has 0 bridgehead atoms. The summed E-state index contributed by atoms with van der Waals surface area (Å²) in [7, 11) is -3.69. The number of nitrogens with one attached hydrogen (secondary N) is 2. The quantitative estimate of drug-likeness (QED) is 0.583. The molecule has 2 heterocycles. The first-order chi connectivity index (χ1) is 13.4. The molecule has 0 unspecified atom stereocenters. The third kappa shape index (κ3) is 5.59. The summed E-state index contributed by atoms with van der Waals surface area (Å²) >= 11 is 1.07. The fourth-order valence-corrected chi connectivity index (χ4v) is 4.17. The zero-order valence-corrected chi connectivity index (χ0v) is 16.1. The predicted octanol–water partition coefficient (Wildman–Crippen LogP) is 2.67. The van der Waals surface area contributed by atoms with Gasteiger partial charge in [0.2, 0.25) is 11.8 Å². The van der Waals surface area contributed by atoms with Crippen LogP contribution in [0, 0.1) is 5.82 Å². The van der Waals surface area contributed by atoms with Crippen molar-refractivity contribution in [1.29, 1.82) is 0 Å². The number of thiophene rings is 1. The van der Waals surface area contributed by atoms with Crippen molar-refractivity contribution >= 4 is 27.3 Å². The van der Waals surface area contributed by atoms with Crippen molar-refractivity contribution in [1.82, 2.24) is 15.0 Å². The van der Waals surface area contributed by atoms with E-state index < -0.39 is 15.9 Å². The van der Waals surface area contributed by atoms with Crippen LogP contribution in [-0.4, -0.2) is 25.9 Å². The molecule has 0 aliphatic rings. The molecule has 10 heteroatoms. The van der Waals surface area contributed by atoms with E-state index in [4.69, 9.17) is 4.74 Å². The average molecular weight is 421 g/mol. The molecule has 146 valence electrons. The Morgan fingerprint density at radius 3 is 2.68 bits per heavy atom. The van der Waals surface area contributed by atoms with E-state index in [1.165, 1.54) is 36.5 Å². The van der Waals surface area contributed by atoms with Gasteiger partial charge >= 0.3 is 0 Å². The summed E-state index contributed by atoms with van der Waals surface area (Å²) in [6.07, 6.45) is 1.51. The number of amides is 1. The lowest BCUT2D eigenvalue weighted by molar-refractivity contribution is -0.120. The number of pyridine rings is 1. The van der Waals surface area contributed by atoms with Crippen LogP contribution in [-0.2, 0) is 21.4 Å². The van der Waals surface area contributed by atoms with Crippen LogP contribution in [0.2, 0.25) is 0 Å². The highest BCUT2D eigenvalue weighted by molar-refractivity contribution is 7.91. The molecule has 28 heavy (non-hydrogen) atoms. The molecule has 0 fully saturated rings. The smallest absolute Gasteiger partial charge is 0.250 e. The van der Waals surface area contributed by atoms with Crippen LogP contribution in [0.3, 0.4) is 0 Å². The molecule has 3 rings (SSSR count). The van der Waals surface area contributed by atoms with E-state index in [9.17, 15) is 17.6 Å². The van der Waals surface area contributed by atoms with Crippen LogP contribution in [0.1, 0.15) is 5.56 Å². The van der Waals surface area contributed by atoms with E-state index in [1.807, 2.05) is 0 Å². The van der Waals surface area contributed by atoms with Gasteiger partial charge in [0.25, 0.3) is 10.0 Å². The van der Waals surface area contributed by atoms with Crippen molar-refractivity contribution < 1.29 is 22.3 Å². The number of nitrogens with zero attached hydrogens (tertiary/aromatic N) is 1. The number of halogens is 1. The van der Waals surface area contributed by atoms with Gasteiger partial charge in [-0.15, -0.1) is 11.3 Å². The first-order valence-electron chi connectivity index (χ1n) is 8.10. The first-order valence-corrected chi connectivity index (χ1v) is 10.5. The molecule has 1 aromatic carbocycles. The second kappa shape index (κ2) is 8.91. The van der Waals surface area contributed by atoms with Crippen LogP contribution in [0.5, 0.6) is 11.6 Å². The zero-order chi connectivity index (χ0) is 20.0. The van der Waals surface area contributed by atoms with Crippen LogP contribution in [0.4, 0.5) is 4.39 Å². The van der Waals surface area contributed by atoms with Gasteiger partial charge in [0.1, 0.15) is 15.8 Å². The molecule has 0 aliphatic heterocycles. The zero-order valence-electron chi connectivity index (χ0n) is 14.5. The Morgan fingerprint density at radius 1 is 1.18 bits per heavy atom. The van der Waals surface area contributed by atoms with Crippen molar-refractivity contribution in [3.63, 3.8) is 0 Å². The summed E-state index contributed by atoms with van der Waals surface area (Å²) in [6, 6.07) is 11.9. The van der Waals surface area contributed by atoms with Gasteiger partial charge in [0.15, 0.2) is 0 Å². The van der Waals surface area contributed by atoms with E-state index >= 15 is 0 Å². The number of sulfonamides is 1. The van der Waals surface area contributed by atoms with Crippen molar-refractivity contribution in [2.75, 3.05) is 6.54 Å². The Hall–Kier alpha value is -2.82. The first kappa shape index (κ1) is 19.9. The molecule has 7 nitrogen and oxygen atoms in total. The predicted molar refractivity (Wildman–Crippen MR) is 102 cm³/mol. The Balaban J connectivity index is 1.51. The number of carbonyl (C=O) groups is 1. The summed E-state index contributed by atoms with van der Waals surface area (Å²) in [6.45, 7) is -0.202. The van der Waals surface area contributed by atoms with Crippen LogP contribution in [0.25, 0.3) is 0 Å². The van der Waals surface area contributed by atoms with Crippen LogP contribution < -0.4 is 14.8 Å². The Kier molecular flexibility index (Phi) is 6.34. The number of hydrogen-bond donors (Lipinski definition) is 2. The molecule has 0 atom stereocenters. The minimum atomic E-state index is -3.69. The number of hydrogen-bond acceptors (Lipinski definition) is 6. The molecule has 0 saturated heterocycles. The second-order valence-electron chi connectivity index (χ2n) is 5.59. The van der Waals surface area contributed by atoms with Gasteiger partial charge in [-0.3, -0.25) is 4.79 Å². The molecular weight excluding hydrogens is 405 g/mol. The largest absolute Gasteiger partial charge is 0.439 e. The molecule has 0 aliphatic carbocycles. The highest BCUT2D eigenvalue weighted by atomic mass is 32.2. The van der Waals surface area contributed by atoms with E-state index in [2.05, 4.69) is 15.0 Å². The Labute approximate surface area is 165 Å². The highest BCUT2D eigenvalue weighted by Crippen LogP contribution is 2.20. The molecule has 1 amide bonds. The number of carbonyl (C=O) groups excluding carboxylic acids is 1. The normalized spacial score (nSPS) is 11.2. The monoisotopic (exact) mass is 421 g/mol. The summed E-state index contributed by atoms with van der Waals surface area (Å²) in [5.41, 5.74) is 0.710. The van der Waals surface area contributed by atoms with Gasteiger partial charge in [-0.05, 0) is 47.3 Å². The van der Waals surface area contributed by atoms with E-state index in [1.54, 1.807) is 23.6 Å². The molecular formula is C18H16FN3O4S2. The summed E-state index contributed by atoms with van der Waals surface area (Å²) in [5, 5.41) is 4.26. The van der Waals surface area contributed by atoms with Crippen molar-refractivity contribution in [3.05, 3.63) is 71.5 Å². The third-order valence-corrected chi connectivity index (χ3v) is 6.31. The molecule has 2 N–H and O–H groups in total. The number of benzene rings is 1. The number of ether oxygens (including phenoxy) is 1. The maximum absolute atomic E-state index is 12.9. The maximum Gasteiger partial charge on any atom is 0.250 e. The molecule has 3 aromatic rings. The molecule has 2 aromatic heterocycles. The maximum atomic E-state index is 12.9. The molecule has 0 saturated carbocycles. The minimum absolute atomic E-state index is 0.150. The fraction of sp³-hybridized carbons (Fsp3) is 0.111. The van der Waals surface area contributed by atoms with Gasteiger partial charge in [0.05, 0.1) is 6.54 Å². The SMILES string of the molecule is O=C(CNS(=O)(=O)c1cccs1)NCc1ccnc(Oc2ccc(F)cc2)c1. The van der Waals surface area contributed by atoms with Crippen molar-refractivity contribution in [3.8, 4) is 11.6 Å². The fourth-order valence-electron chi connectivity index (χ4n) is 2.15. The van der Waals surface area contributed by atoms with Gasteiger partial charge in [-0.2, -0.15) is 0 Å². The van der Waals surface area contributed by atoms with Crippen molar-refractivity contribution in [2.24, 2.45) is 0 Å². The Morgan fingerprint density at radius 2 is 1.96 bits per heavy atom. The lowest BCUT2D eigenvalue weighted by atomic mass is 10.2. The highest BCUT2D eigenvalue weighted by Gasteiger charge is 2.16. The van der Waals surface area contributed by atoms with E-state index in [0.29, 0.717) is 11.3 Å². The Bertz CT molecular complexity index is 1040. The van der Waals surface area contributed by atoms with Crippen LogP contribution >= 0.6 is 11.3 Å². The molecule has 0 spiro atoms. The lowest BCUT2D eigenvalue weighted by Crippen LogP contribution is -2.36. The summed E-state index contributed by atoms with van der Waals surface area (Å²) < 4.78 is 44.8. The van der Waals surface area contributed by atoms with Crippen molar-refractivity contribution in [2.45, 2.75) is 10.8 Å². The minimum Gasteiger partial charge on any atom is -0.439 e. The summed E-state index contributed by atoms with van der Waals surface area (Å²) in [4.78, 5) is 16.0. The topological polar surface area (TPSA) is 97.4 Å². The standard InChI is InChI=1S/C18H16FN3O4S2/c19-14-3-5-15(6-4-14)26-17-10-13(7-8-20-17)11-21-16(23)12-22-28(24,25)18-2-1-9-27-18/h1-10,22H,11-12H2,(H,21,23).